The second-order valence-electron chi connectivity index (χ2n) is 10.4. The Kier molecular flexibility index (Phi) is 12.6. The summed E-state index contributed by atoms with van der Waals surface area (Å²) in [7, 11) is 2.20. The lowest BCUT2D eigenvalue weighted by Gasteiger charge is -2.30. The van der Waals surface area contributed by atoms with Gasteiger partial charge in [0.25, 0.3) is 0 Å². The van der Waals surface area contributed by atoms with Gasteiger partial charge >= 0.3 is 0 Å². The average molecular weight is 366 g/mol. The molecule has 3 atom stereocenters. The Hall–Kier alpha value is -0.460. The fourth-order valence-corrected chi connectivity index (χ4v) is 3.51. The molecule has 0 spiro atoms. The molecule has 0 bridgehead atoms. The van der Waals surface area contributed by atoms with Gasteiger partial charge in [-0.2, -0.15) is 0 Å². The van der Waals surface area contributed by atoms with E-state index in [1.165, 1.54) is 57.1 Å². The van der Waals surface area contributed by atoms with Crippen LogP contribution >= 0.6 is 0 Å². The molecule has 156 valence electrons. The molecule has 0 aliphatic carbocycles. The van der Waals surface area contributed by atoms with Gasteiger partial charge in [-0.05, 0) is 29.1 Å². The molecule has 0 aliphatic heterocycles. The van der Waals surface area contributed by atoms with Crippen LogP contribution in [0.1, 0.15) is 107 Å². The van der Waals surface area contributed by atoms with Crippen LogP contribution in [0.4, 0.5) is 0 Å². The van der Waals surface area contributed by atoms with Crippen molar-refractivity contribution in [3.05, 3.63) is 12.3 Å². The smallest absolute Gasteiger partial charge is 0.0199 e. The first-order valence-corrected chi connectivity index (χ1v) is 11.4. The molecular formula is C25H51N. The van der Waals surface area contributed by atoms with Crippen LogP contribution in [0.25, 0.3) is 0 Å². The van der Waals surface area contributed by atoms with Crippen molar-refractivity contribution < 1.29 is 0 Å². The highest BCUT2D eigenvalue weighted by Crippen LogP contribution is 2.29. The van der Waals surface area contributed by atoms with E-state index in [-0.39, 0.29) is 0 Å². The largest absolute Gasteiger partial charge is 0.378 e. The van der Waals surface area contributed by atoms with Gasteiger partial charge in [0.2, 0.25) is 0 Å². The fraction of sp³-hybridized carbons (Fsp3) is 0.920. The molecule has 0 aromatic heterocycles. The number of unbranched alkanes of at least 4 members (excludes halogenated alkanes) is 5. The molecule has 0 fully saturated rings. The fourth-order valence-electron chi connectivity index (χ4n) is 3.51. The lowest BCUT2D eigenvalue weighted by molar-refractivity contribution is 0.240. The van der Waals surface area contributed by atoms with Crippen molar-refractivity contribution in [2.75, 3.05) is 13.6 Å². The van der Waals surface area contributed by atoms with E-state index in [9.17, 15) is 0 Å². The van der Waals surface area contributed by atoms with Crippen molar-refractivity contribution >= 4 is 0 Å². The van der Waals surface area contributed by atoms with Gasteiger partial charge < -0.3 is 4.90 Å². The SMILES string of the molecule is C=C(C(C)C)N(C)CC(C)C(C)CCCCCCCCC(C)C(C)(C)C. The lowest BCUT2D eigenvalue weighted by atomic mass is 9.79. The van der Waals surface area contributed by atoms with Crippen LogP contribution < -0.4 is 0 Å². The average Bonchev–Trinajstić information content (AvgIpc) is 2.54. The monoisotopic (exact) mass is 365 g/mol. The van der Waals surface area contributed by atoms with Crippen molar-refractivity contribution in [2.45, 2.75) is 107 Å². The molecular weight excluding hydrogens is 314 g/mol. The summed E-state index contributed by atoms with van der Waals surface area (Å²) in [5, 5.41) is 0. The summed E-state index contributed by atoms with van der Waals surface area (Å²) >= 11 is 0. The summed E-state index contributed by atoms with van der Waals surface area (Å²) in [5.74, 6) is 2.95. The molecule has 1 heteroatoms. The number of allylic oxidation sites excluding steroid dienone is 1. The first kappa shape index (κ1) is 25.5. The summed E-state index contributed by atoms with van der Waals surface area (Å²) in [6.45, 7) is 24.2. The Balaban J connectivity index is 3.73. The minimum absolute atomic E-state index is 0.475. The second kappa shape index (κ2) is 12.8. The van der Waals surface area contributed by atoms with Gasteiger partial charge in [0.15, 0.2) is 0 Å². The Morgan fingerprint density at radius 2 is 1.23 bits per heavy atom. The molecule has 0 saturated carbocycles. The van der Waals surface area contributed by atoms with Crippen molar-refractivity contribution in [3.8, 4) is 0 Å². The van der Waals surface area contributed by atoms with E-state index in [1.54, 1.807) is 0 Å². The molecule has 0 aromatic rings. The number of hydrogen-bond acceptors (Lipinski definition) is 1. The van der Waals surface area contributed by atoms with E-state index in [0.29, 0.717) is 11.3 Å². The first-order valence-electron chi connectivity index (χ1n) is 11.4. The Bertz CT molecular complexity index is 363. The molecule has 26 heavy (non-hydrogen) atoms. The van der Waals surface area contributed by atoms with Gasteiger partial charge in [0, 0.05) is 19.3 Å². The summed E-state index contributed by atoms with van der Waals surface area (Å²) in [6.07, 6.45) is 11.3. The minimum atomic E-state index is 0.475. The van der Waals surface area contributed by atoms with E-state index < -0.39 is 0 Å². The number of hydrogen-bond donors (Lipinski definition) is 0. The lowest BCUT2D eigenvalue weighted by Crippen LogP contribution is -2.28. The zero-order valence-electron chi connectivity index (χ0n) is 19.8. The maximum Gasteiger partial charge on any atom is 0.0199 e. The summed E-state index contributed by atoms with van der Waals surface area (Å²) < 4.78 is 0. The first-order chi connectivity index (χ1) is 12.0. The normalized spacial score (nSPS) is 15.8. The van der Waals surface area contributed by atoms with E-state index in [2.05, 4.69) is 73.9 Å². The third-order valence-electron chi connectivity index (χ3n) is 6.72. The molecule has 0 amide bonds. The molecule has 1 nitrogen and oxygen atoms in total. The zero-order valence-corrected chi connectivity index (χ0v) is 19.8. The van der Waals surface area contributed by atoms with Crippen molar-refractivity contribution in [3.63, 3.8) is 0 Å². The van der Waals surface area contributed by atoms with Crippen LogP contribution in [-0.2, 0) is 0 Å². The van der Waals surface area contributed by atoms with E-state index >= 15 is 0 Å². The van der Waals surface area contributed by atoms with Gasteiger partial charge in [0.05, 0.1) is 0 Å². The maximum atomic E-state index is 4.23. The molecule has 0 N–H and O–H groups in total. The van der Waals surface area contributed by atoms with Gasteiger partial charge in [0.1, 0.15) is 0 Å². The van der Waals surface area contributed by atoms with Gasteiger partial charge in [-0.25, -0.2) is 0 Å². The van der Waals surface area contributed by atoms with Crippen LogP contribution in [-0.4, -0.2) is 18.5 Å². The summed E-state index contributed by atoms with van der Waals surface area (Å²) in [6, 6.07) is 0. The highest BCUT2D eigenvalue weighted by Gasteiger charge is 2.19. The highest BCUT2D eigenvalue weighted by atomic mass is 15.1. The standard InChI is InChI=1S/C25H51N/c1-20(2)24(6)26(10)19-22(4)21(3)17-15-13-11-12-14-16-18-23(5)25(7,8)9/h20-23H,6,11-19H2,1-5,7-10H3. The van der Waals surface area contributed by atoms with Gasteiger partial charge in [-0.1, -0.05) is 113 Å². The van der Waals surface area contributed by atoms with Crippen molar-refractivity contribution in [1.29, 1.82) is 0 Å². The van der Waals surface area contributed by atoms with Gasteiger partial charge in [-0.15, -0.1) is 0 Å². The zero-order chi connectivity index (χ0) is 20.3. The van der Waals surface area contributed by atoms with Crippen LogP contribution in [0.2, 0.25) is 0 Å². The number of nitrogens with zero attached hydrogens (tertiary/aromatic N) is 1. The highest BCUT2D eigenvalue weighted by molar-refractivity contribution is 4.96. The Morgan fingerprint density at radius 3 is 1.69 bits per heavy atom. The van der Waals surface area contributed by atoms with Gasteiger partial charge in [-0.3, -0.25) is 0 Å². The Morgan fingerprint density at radius 1 is 0.769 bits per heavy atom. The van der Waals surface area contributed by atoms with E-state index in [1.807, 2.05) is 0 Å². The number of rotatable bonds is 14. The van der Waals surface area contributed by atoms with Crippen molar-refractivity contribution in [2.24, 2.45) is 29.1 Å². The molecule has 0 rings (SSSR count). The van der Waals surface area contributed by atoms with Crippen molar-refractivity contribution in [1.82, 2.24) is 4.90 Å². The molecule has 0 aliphatic rings. The summed E-state index contributed by atoms with van der Waals surface area (Å²) in [5.41, 5.74) is 1.74. The minimum Gasteiger partial charge on any atom is -0.378 e. The topological polar surface area (TPSA) is 3.24 Å². The second-order valence-corrected chi connectivity index (χ2v) is 10.4. The third-order valence-corrected chi connectivity index (χ3v) is 6.72. The predicted octanol–water partition coefficient (Wildman–Crippen LogP) is 8.16. The van der Waals surface area contributed by atoms with Crippen LogP contribution in [0.15, 0.2) is 12.3 Å². The third kappa shape index (κ3) is 11.3. The Labute approximate surface area is 167 Å². The molecule has 0 aromatic carbocycles. The van der Waals surface area contributed by atoms with Crippen LogP contribution in [0.3, 0.4) is 0 Å². The molecule has 0 radical (unpaired) electrons. The molecule has 0 saturated heterocycles. The molecule has 3 unspecified atom stereocenters. The van der Waals surface area contributed by atoms with E-state index in [4.69, 9.17) is 0 Å². The quantitative estimate of drug-likeness (QED) is 0.281. The maximum absolute atomic E-state index is 4.23. The van der Waals surface area contributed by atoms with Crippen LogP contribution in [0.5, 0.6) is 0 Å². The predicted molar refractivity (Wildman–Crippen MR) is 120 cm³/mol. The molecule has 0 heterocycles. The van der Waals surface area contributed by atoms with Crippen LogP contribution in [0, 0.1) is 29.1 Å². The summed E-state index contributed by atoms with van der Waals surface area (Å²) in [4.78, 5) is 2.37. The van der Waals surface area contributed by atoms with E-state index in [0.717, 1.165) is 24.3 Å².